The van der Waals surface area contributed by atoms with Crippen molar-refractivity contribution in [3.63, 3.8) is 0 Å². The molecule has 1 atom stereocenters. The average molecular weight is 305 g/mol. The summed E-state index contributed by atoms with van der Waals surface area (Å²) < 4.78 is 41.1. The molecule has 0 spiro atoms. The number of rotatable bonds is 5. The van der Waals surface area contributed by atoms with Crippen molar-refractivity contribution in [3.05, 3.63) is 29.8 Å². The van der Waals surface area contributed by atoms with Crippen LogP contribution in [-0.4, -0.2) is 17.4 Å². The maximum absolute atomic E-state index is 12.3. The molecule has 0 heterocycles. The van der Waals surface area contributed by atoms with E-state index in [4.69, 9.17) is 5.73 Å². The number of nitrogens with two attached hydrogens (primary N) is 1. The molecule has 1 aliphatic carbocycles. The first-order valence-corrected chi connectivity index (χ1v) is 7.72. The zero-order chi connectivity index (χ0) is 14.6. The number of alkyl halides is 3. The lowest BCUT2D eigenvalue weighted by atomic mass is 10.1. The lowest BCUT2D eigenvalue weighted by Gasteiger charge is -2.19. The Morgan fingerprint density at radius 3 is 2.55 bits per heavy atom. The standard InChI is InChI=1S/C14H18F3NOS/c15-14(16,17)19-13-8-4-3-7-11(13)12(18)9-20-10-5-1-2-6-10/h3-4,7-8,10,12H,1-2,5-6,9,18H2. The van der Waals surface area contributed by atoms with Gasteiger partial charge in [0.05, 0.1) is 0 Å². The second-order valence-electron chi connectivity index (χ2n) is 4.93. The van der Waals surface area contributed by atoms with Crippen LogP contribution in [0.4, 0.5) is 13.2 Å². The molecule has 20 heavy (non-hydrogen) atoms. The van der Waals surface area contributed by atoms with Crippen molar-refractivity contribution in [1.82, 2.24) is 0 Å². The number of hydrogen-bond acceptors (Lipinski definition) is 3. The predicted molar refractivity (Wildman–Crippen MR) is 74.8 cm³/mol. The zero-order valence-electron chi connectivity index (χ0n) is 11.0. The Labute approximate surface area is 120 Å². The maximum Gasteiger partial charge on any atom is 0.573 e. The van der Waals surface area contributed by atoms with Crippen molar-refractivity contribution in [2.24, 2.45) is 5.73 Å². The van der Waals surface area contributed by atoms with Gasteiger partial charge in [-0.3, -0.25) is 0 Å². The molecule has 1 aromatic rings. The van der Waals surface area contributed by atoms with Gasteiger partial charge in [-0.2, -0.15) is 11.8 Å². The Morgan fingerprint density at radius 2 is 1.90 bits per heavy atom. The molecule has 2 nitrogen and oxygen atoms in total. The molecule has 6 heteroatoms. The molecular weight excluding hydrogens is 287 g/mol. The fourth-order valence-electron chi connectivity index (χ4n) is 2.39. The molecule has 112 valence electrons. The number of para-hydroxylation sites is 1. The normalized spacial score (nSPS) is 18.2. The molecule has 0 bridgehead atoms. The SMILES string of the molecule is NC(CSC1CCCC1)c1ccccc1OC(F)(F)F. The summed E-state index contributed by atoms with van der Waals surface area (Å²) in [6, 6.07) is 5.66. The van der Waals surface area contributed by atoms with Gasteiger partial charge in [0.1, 0.15) is 5.75 Å². The summed E-state index contributed by atoms with van der Waals surface area (Å²) >= 11 is 1.75. The molecule has 0 saturated heterocycles. The minimum atomic E-state index is -4.69. The van der Waals surface area contributed by atoms with Gasteiger partial charge in [0.25, 0.3) is 0 Å². The van der Waals surface area contributed by atoms with Crippen LogP contribution in [0.15, 0.2) is 24.3 Å². The third kappa shape index (κ3) is 4.59. The van der Waals surface area contributed by atoms with Gasteiger partial charge < -0.3 is 10.5 Å². The largest absolute Gasteiger partial charge is 0.573 e. The highest BCUT2D eigenvalue weighted by Gasteiger charge is 2.32. The van der Waals surface area contributed by atoms with Gasteiger partial charge in [-0.1, -0.05) is 31.0 Å². The van der Waals surface area contributed by atoms with Gasteiger partial charge in [0.2, 0.25) is 0 Å². The minimum Gasteiger partial charge on any atom is -0.405 e. The van der Waals surface area contributed by atoms with Crippen LogP contribution < -0.4 is 10.5 Å². The van der Waals surface area contributed by atoms with Gasteiger partial charge in [0, 0.05) is 22.6 Å². The molecule has 2 rings (SSSR count). The molecule has 1 aliphatic rings. The molecule has 0 aromatic heterocycles. The third-order valence-corrected chi connectivity index (χ3v) is 4.85. The van der Waals surface area contributed by atoms with Gasteiger partial charge in [-0.25, -0.2) is 0 Å². The highest BCUT2D eigenvalue weighted by atomic mass is 32.2. The van der Waals surface area contributed by atoms with Crippen LogP contribution in [0.3, 0.4) is 0 Å². The van der Waals surface area contributed by atoms with Crippen LogP contribution in [0.25, 0.3) is 0 Å². The molecule has 0 aliphatic heterocycles. The van der Waals surface area contributed by atoms with Crippen LogP contribution in [0.1, 0.15) is 37.3 Å². The van der Waals surface area contributed by atoms with Crippen molar-refractivity contribution >= 4 is 11.8 Å². The molecule has 1 saturated carbocycles. The first-order valence-electron chi connectivity index (χ1n) is 6.67. The van der Waals surface area contributed by atoms with Crippen molar-refractivity contribution in [1.29, 1.82) is 0 Å². The van der Waals surface area contributed by atoms with Crippen LogP contribution in [0.5, 0.6) is 5.75 Å². The lowest BCUT2D eigenvalue weighted by molar-refractivity contribution is -0.274. The maximum atomic E-state index is 12.3. The van der Waals surface area contributed by atoms with E-state index in [1.807, 2.05) is 0 Å². The van der Waals surface area contributed by atoms with Crippen LogP contribution in [0.2, 0.25) is 0 Å². The molecule has 0 amide bonds. The van der Waals surface area contributed by atoms with Crippen LogP contribution in [-0.2, 0) is 0 Å². The Bertz CT molecular complexity index is 433. The first kappa shape index (κ1) is 15.5. The minimum absolute atomic E-state index is 0.195. The number of benzene rings is 1. The van der Waals surface area contributed by atoms with Crippen molar-refractivity contribution < 1.29 is 17.9 Å². The molecule has 1 fully saturated rings. The third-order valence-electron chi connectivity index (χ3n) is 3.36. The van der Waals surface area contributed by atoms with E-state index in [0.717, 1.165) is 0 Å². The number of ether oxygens (including phenoxy) is 1. The van der Waals surface area contributed by atoms with E-state index in [2.05, 4.69) is 4.74 Å². The van der Waals surface area contributed by atoms with Crippen molar-refractivity contribution in [2.45, 2.75) is 43.3 Å². The number of thioether (sulfide) groups is 1. The second kappa shape index (κ2) is 6.72. The quantitative estimate of drug-likeness (QED) is 0.882. The smallest absolute Gasteiger partial charge is 0.405 e. The highest BCUT2D eigenvalue weighted by molar-refractivity contribution is 7.99. The van der Waals surface area contributed by atoms with Crippen LogP contribution in [0, 0.1) is 0 Å². The Balaban J connectivity index is 1.99. The fourth-order valence-corrected chi connectivity index (χ4v) is 3.71. The van der Waals surface area contributed by atoms with Crippen LogP contribution >= 0.6 is 11.8 Å². The molecule has 1 aromatic carbocycles. The topological polar surface area (TPSA) is 35.2 Å². The summed E-state index contributed by atoms with van der Waals surface area (Å²) in [5.74, 6) is 0.419. The number of halogens is 3. The predicted octanol–water partition coefficient (Wildman–Crippen LogP) is 4.26. The summed E-state index contributed by atoms with van der Waals surface area (Å²) in [6.45, 7) is 0. The van der Waals surface area contributed by atoms with Gasteiger partial charge in [0.15, 0.2) is 0 Å². The summed E-state index contributed by atoms with van der Waals surface area (Å²) in [4.78, 5) is 0. The molecular formula is C14H18F3NOS. The first-order chi connectivity index (χ1) is 9.46. The van der Waals surface area contributed by atoms with E-state index in [0.29, 0.717) is 16.6 Å². The summed E-state index contributed by atoms with van der Waals surface area (Å²) in [5.41, 5.74) is 6.44. The Hall–Kier alpha value is -0.880. The van der Waals surface area contributed by atoms with Gasteiger partial charge in [-0.15, -0.1) is 13.2 Å². The van der Waals surface area contributed by atoms with E-state index in [1.165, 1.54) is 37.8 Å². The highest BCUT2D eigenvalue weighted by Crippen LogP contribution is 2.34. The summed E-state index contributed by atoms with van der Waals surface area (Å²) in [7, 11) is 0. The molecule has 2 N–H and O–H groups in total. The van der Waals surface area contributed by atoms with Crippen molar-refractivity contribution in [2.75, 3.05) is 5.75 Å². The molecule has 0 radical (unpaired) electrons. The fraction of sp³-hybridized carbons (Fsp3) is 0.571. The van der Waals surface area contributed by atoms with E-state index in [1.54, 1.807) is 23.9 Å². The van der Waals surface area contributed by atoms with Gasteiger partial charge in [-0.05, 0) is 18.9 Å². The Morgan fingerprint density at radius 1 is 1.25 bits per heavy atom. The average Bonchev–Trinajstić information content (AvgIpc) is 2.88. The van der Waals surface area contributed by atoms with E-state index in [-0.39, 0.29) is 5.75 Å². The van der Waals surface area contributed by atoms with E-state index < -0.39 is 12.4 Å². The van der Waals surface area contributed by atoms with E-state index >= 15 is 0 Å². The number of hydrogen-bond donors (Lipinski definition) is 1. The zero-order valence-corrected chi connectivity index (χ0v) is 11.8. The molecule has 1 unspecified atom stereocenters. The Kier molecular flexibility index (Phi) is 5.21. The summed E-state index contributed by atoms with van der Waals surface area (Å²) in [5, 5.41) is 0.594. The van der Waals surface area contributed by atoms with Crippen molar-refractivity contribution in [3.8, 4) is 5.75 Å². The monoisotopic (exact) mass is 305 g/mol. The summed E-state index contributed by atoms with van der Waals surface area (Å²) in [6.07, 6.45) is 0.145. The van der Waals surface area contributed by atoms with Gasteiger partial charge >= 0.3 is 6.36 Å². The van der Waals surface area contributed by atoms with E-state index in [9.17, 15) is 13.2 Å². The second-order valence-corrected chi connectivity index (χ2v) is 6.27. The lowest BCUT2D eigenvalue weighted by Crippen LogP contribution is -2.21.